The smallest absolute Gasteiger partial charge is 0.259 e. The molecule has 0 saturated carbocycles. The van der Waals surface area contributed by atoms with Gasteiger partial charge in [0.1, 0.15) is 5.01 Å². The maximum Gasteiger partial charge on any atom is 0.259 e. The Kier molecular flexibility index (Phi) is 5.74. The molecule has 0 spiro atoms. The summed E-state index contributed by atoms with van der Waals surface area (Å²) in [5.41, 5.74) is 6.45. The molecule has 2 aromatic rings. The van der Waals surface area contributed by atoms with Crippen LogP contribution in [0.5, 0.6) is 0 Å². The van der Waals surface area contributed by atoms with Crippen molar-refractivity contribution in [3.8, 4) is 0 Å². The molecule has 1 heterocycles. The van der Waals surface area contributed by atoms with E-state index >= 15 is 0 Å². The van der Waals surface area contributed by atoms with Gasteiger partial charge in [0.2, 0.25) is 5.13 Å². The summed E-state index contributed by atoms with van der Waals surface area (Å²) in [4.78, 5) is 12.0. The summed E-state index contributed by atoms with van der Waals surface area (Å²) in [6, 6.07) is 4.74. The van der Waals surface area contributed by atoms with Crippen LogP contribution in [-0.4, -0.2) is 16.1 Å². The van der Waals surface area contributed by atoms with E-state index < -0.39 is 0 Å². The van der Waals surface area contributed by atoms with Gasteiger partial charge in [0.05, 0.1) is 10.6 Å². The van der Waals surface area contributed by atoms with Crippen LogP contribution in [0.25, 0.3) is 0 Å². The van der Waals surface area contributed by atoms with E-state index in [9.17, 15) is 4.79 Å². The lowest BCUT2D eigenvalue weighted by atomic mass is 10.2. The first-order valence-electron chi connectivity index (χ1n) is 5.67. The van der Waals surface area contributed by atoms with Crippen molar-refractivity contribution in [3.63, 3.8) is 0 Å². The Hall–Kier alpha value is -1.37. The number of aromatic nitrogens is 2. The predicted octanol–water partition coefficient (Wildman–Crippen LogP) is 3.57. The van der Waals surface area contributed by atoms with Crippen molar-refractivity contribution in [2.45, 2.75) is 19.8 Å². The van der Waals surface area contributed by atoms with Crippen LogP contribution in [-0.2, 0) is 0 Å². The molecule has 5 nitrogen and oxygen atoms in total. The largest absolute Gasteiger partial charge is 0.399 e. The molecule has 8 heteroatoms. The second-order valence-corrected chi connectivity index (χ2v) is 5.71. The highest BCUT2D eigenvalue weighted by Crippen LogP contribution is 2.24. The molecule has 0 bridgehead atoms. The number of halogens is 2. The van der Waals surface area contributed by atoms with Crippen LogP contribution in [0.1, 0.15) is 35.1 Å². The minimum Gasteiger partial charge on any atom is -0.399 e. The summed E-state index contributed by atoms with van der Waals surface area (Å²) in [5, 5.41) is 12.2. The lowest BCUT2D eigenvalue weighted by Crippen LogP contribution is -2.12. The van der Waals surface area contributed by atoms with Crippen molar-refractivity contribution >= 4 is 52.1 Å². The molecule has 1 amide bonds. The number of nitrogens with two attached hydrogens (primary N) is 1. The van der Waals surface area contributed by atoms with E-state index in [0.29, 0.717) is 21.4 Å². The quantitative estimate of drug-likeness (QED) is 0.842. The standard InChI is InChI=1S/C12H13ClN4OS.ClH/c1-6(2)11-16-17-12(19-11)15-10(18)8-4-3-7(14)5-9(8)13;/h3-6H,14H2,1-2H3,(H,15,17,18);1H. The normalized spacial score (nSPS) is 10.2. The third kappa shape index (κ3) is 3.82. The van der Waals surface area contributed by atoms with E-state index in [2.05, 4.69) is 15.5 Å². The summed E-state index contributed by atoms with van der Waals surface area (Å²) in [6.45, 7) is 4.03. The number of rotatable bonds is 3. The number of nitrogens with zero attached hydrogens (tertiary/aromatic N) is 2. The van der Waals surface area contributed by atoms with Gasteiger partial charge in [-0.2, -0.15) is 0 Å². The van der Waals surface area contributed by atoms with Crippen LogP contribution < -0.4 is 11.1 Å². The van der Waals surface area contributed by atoms with Crippen molar-refractivity contribution in [3.05, 3.63) is 33.8 Å². The van der Waals surface area contributed by atoms with Gasteiger partial charge >= 0.3 is 0 Å². The molecule has 0 aliphatic rings. The number of nitrogen functional groups attached to an aromatic ring is 1. The SMILES string of the molecule is CC(C)c1nnc(NC(=O)c2ccc(N)cc2Cl)s1.Cl. The van der Waals surface area contributed by atoms with E-state index in [4.69, 9.17) is 17.3 Å². The van der Waals surface area contributed by atoms with Crippen molar-refractivity contribution in [1.29, 1.82) is 0 Å². The molecule has 0 radical (unpaired) electrons. The highest BCUT2D eigenvalue weighted by atomic mass is 35.5. The Labute approximate surface area is 132 Å². The molecule has 0 aliphatic carbocycles. The van der Waals surface area contributed by atoms with Crippen molar-refractivity contribution in [2.75, 3.05) is 11.1 Å². The van der Waals surface area contributed by atoms with Crippen LogP contribution in [0.2, 0.25) is 5.02 Å². The lowest BCUT2D eigenvalue weighted by molar-refractivity contribution is 0.102. The Balaban J connectivity index is 0.00000200. The van der Waals surface area contributed by atoms with Crippen LogP contribution in [0.3, 0.4) is 0 Å². The van der Waals surface area contributed by atoms with E-state index in [-0.39, 0.29) is 24.2 Å². The molecule has 0 fully saturated rings. The van der Waals surface area contributed by atoms with Gasteiger partial charge in [-0.25, -0.2) is 0 Å². The molecule has 0 aliphatic heterocycles. The number of hydrogen-bond donors (Lipinski definition) is 2. The van der Waals surface area contributed by atoms with E-state index in [1.165, 1.54) is 17.4 Å². The number of amides is 1. The molecular weight excluding hydrogens is 319 g/mol. The summed E-state index contributed by atoms with van der Waals surface area (Å²) < 4.78 is 0. The minimum absolute atomic E-state index is 0. The number of carbonyl (C=O) groups is 1. The lowest BCUT2D eigenvalue weighted by Gasteiger charge is -2.04. The molecule has 0 unspecified atom stereocenters. The van der Waals surface area contributed by atoms with Crippen LogP contribution >= 0.6 is 35.3 Å². The molecular formula is C12H14Cl2N4OS. The average molecular weight is 333 g/mol. The summed E-state index contributed by atoms with van der Waals surface area (Å²) in [5.74, 6) is -0.0419. The fraction of sp³-hybridized carbons (Fsp3) is 0.250. The maximum absolute atomic E-state index is 12.0. The van der Waals surface area contributed by atoms with Crippen molar-refractivity contribution < 1.29 is 4.79 Å². The Morgan fingerprint density at radius 3 is 2.65 bits per heavy atom. The van der Waals surface area contributed by atoms with Crippen molar-refractivity contribution in [2.24, 2.45) is 0 Å². The highest BCUT2D eigenvalue weighted by Gasteiger charge is 2.14. The molecule has 1 aromatic heterocycles. The molecule has 1 aromatic carbocycles. The topological polar surface area (TPSA) is 80.9 Å². The predicted molar refractivity (Wildman–Crippen MR) is 85.1 cm³/mol. The summed E-state index contributed by atoms with van der Waals surface area (Å²) in [6.07, 6.45) is 0. The Morgan fingerprint density at radius 1 is 1.40 bits per heavy atom. The zero-order chi connectivity index (χ0) is 14.0. The van der Waals surface area contributed by atoms with Crippen LogP contribution in [0.15, 0.2) is 18.2 Å². The molecule has 2 rings (SSSR count). The monoisotopic (exact) mass is 332 g/mol. The first-order chi connectivity index (χ1) is 8.97. The Morgan fingerprint density at radius 2 is 2.10 bits per heavy atom. The van der Waals surface area contributed by atoms with E-state index in [0.717, 1.165) is 5.01 Å². The third-order valence-corrected chi connectivity index (χ3v) is 3.84. The Bertz CT molecular complexity index is 615. The molecule has 108 valence electrons. The van der Waals surface area contributed by atoms with Crippen LogP contribution in [0, 0.1) is 0 Å². The fourth-order valence-electron chi connectivity index (χ4n) is 1.40. The number of benzene rings is 1. The van der Waals surface area contributed by atoms with Gasteiger partial charge in [0.25, 0.3) is 5.91 Å². The number of carbonyl (C=O) groups excluding carboxylic acids is 1. The van der Waals surface area contributed by atoms with E-state index in [1.807, 2.05) is 13.8 Å². The number of nitrogens with one attached hydrogen (secondary N) is 1. The van der Waals surface area contributed by atoms with Gasteiger partial charge in [0, 0.05) is 11.6 Å². The summed E-state index contributed by atoms with van der Waals surface area (Å²) in [7, 11) is 0. The molecule has 20 heavy (non-hydrogen) atoms. The minimum atomic E-state index is -0.323. The van der Waals surface area contributed by atoms with Crippen LogP contribution in [0.4, 0.5) is 10.8 Å². The molecule has 3 N–H and O–H groups in total. The summed E-state index contributed by atoms with van der Waals surface area (Å²) >= 11 is 7.32. The second kappa shape index (κ2) is 6.88. The van der Waals surface area contributed by atoms with Gasteiger partial charge in [0.15, 0.2) is 0 Å². The third-order valence-electron chi connectivity index (χ3n) is 2.39. The van der Waals surface area contributed by atoms with E-state index in [1.54, 1.807) is 12.1 Å². The van der Waals surface area contributed by atoms with Gasteiger partial charge in [-0.3, -0.25) is 10.1 Å². The number of anilines is 2. The zero-order valence-electron chi connectivity index (χ0n) is 10.9. The molecule has 0 saturated heterocycles. The highest BCUT2D eigenvalue weighted by molar-refractivity contribution is 7.15. The van der Waals surface area contributed by atoms with Gasteiger partial charge in [-0.05, 0) is 18.2 Å². The number of hydrogen-bond acceptors (Lipinski definition) is 5. The second-order valence-electron chi connectivity index (χ2n) is 4.29. The average Bonchev–Trinajstić information content (AvgIpc) is 2.77. The first kappa shape index (κ1) is 16.7. The van der Waals surface area contributed by atoms with Gasteiger partial charge in [-0.15, -0.1) is 22.6 Å². The fourth-order valence-corrected chi connectivity index (χ4v) is 2.41. The zero-order valence-corrected chi connectivity index (χ0v) is 13.3. The first-order valence-corrected chi connectivity index (χ1v) is 6.86. The molecule has 0 atom stereocenters. The van der Waals surface area contributed by atoms with Crippen molar-refractivity contribution in [1.82, 2.24) is 10.2 Å². The van der Waals surface area contributed by atoms with Gasteiger partial charge in [-0.1, -0.05) is 36.8 Å². The maximum atomic E-state index is 12.0. The van der Waals surface area contributed by atoms with Gasteiger partial charge < -0.3 is 5.73 Å².